The van der Waals surface area contributed by atoms with E-state index in [1.54, 1.807) is 28.0 Å². The van der Waals surface area contributed by atoms with Crippen LogP contribution in [0.4, 0.5) is 16.2 Å². The minimum Gasteiger partial charge on any atom is -0.410 e. The van der Waals surface area contributed by atoms with Gasteiger partial charge in [-0.2, -0.15) is 0 Å². The first-order valence-corrected chi connectivity index (χ1v) is 23.0. The zero-order chi connectivity index (χ0) is 42.8. The number of anilines is 2. The zero-order valence-corrected chi connectivity index (χ0v) is 35.4. The lowest BCUT2D eigenvalue weighted by Crippen LogP contribution is -2.73. The number of nitrogens with one attached hydrogen (secondary N) is 1. The van der Waals surface area contributed by atoms with Gasteiger partial charge in [-0.1, -0.05) is 61.4 Å². The van der Waals surface area contributed by atoms with E-state index in [2.05, 4.69) is 5.32 Å². The normalized spacial score (nSPS) is 23.6. The fourth-order valence-electron chi connectivity index (χ4n) is 10.3. The van der Waals surface area contributed by atoms with Crippen molar-refractivity contribution in [3.63, 3.8) is 0 Å². The highest BCUT2D eigenvalue weighted by atomic mass is 35.5. The average Bonchev–Trinajstić information content (AvgIpc) is 3.88. The number of ether oxygens (including phenoxy) is 1. The number of carbonyl (C=O) groups is 5. The van der Waals surface area contributed by atoms with Gasteiger partial charge in [-0.15, -0.1) is 23.2 Å². The van der Waals surface area contributed by atoms with Crippen LogP contribution in [0.5, 0.6) is 11.5 Å². The van der Waals surface area contributed by atoms with Crippen molar-refractivity contribution in [1.82, 2.24) is 10.2 Å². The molecule has 1 unspecified atom stereocenters. The number of amides is 5. The van der Waals surface area contributed by atoms with E-state index in [0.717, 1.165) is 29.4 Å². The number of halogens is 2. The predicted molar refractivity (Wildman–Crippen MR) is 229 cm³/mol. The number of benzene rings is 4. The standard InChI is InChI=1S/C44H43Cl2N4O10P/c45-19-26-21-49(32-17-34(28-9-3-5-11-30(28)38(26)32)59-42(55)47-15-7-1-2-8-16-48-36(51)13-14-37(48)52)40(53)43-23-44(24-43,25-43)41(54)50-22-27(20-46)39-31-12-6-4-10-29(31)35(18-33(39)50)60-61(56,57)58/h3-6,9-14,17-18,26-27H,1-2,7-8,15-16,19-25H2,(H,47,55)(H2,56,57,58)/t26?,27-,43?,44?/m1/s1. The zero-order valence-electron chi connectivity index (χ0n) is 33.0. The SMILES string of the molecule is O=C(NCCCCCCN1C(=O)C=CC1=O)Oc1cc2c(c3ccccc13)C(CCl)CN2C(=O)C12CC(C(=O)N3C[C@@H](CCl)c4c3cc(OP(=O)(O)O)c3ccccc43)(C1)C2. The van der Waals surface area contributed by atoms with Crippen LogP contribution in [0.1, 0.15) is 67.9 Å². The fraction of sp³-hybridized carbons (Fsp3) is 0.386. The maximum Gasteiger partial charge on any atom is 0.524 e. The Labute approximate surface area is 361 Å². The molecule has 0 saturated heterocycles. The molecule has 3 heterocycles. The maximum atomic E-state index is 14.6. The van der Waals surface area contributed by atoms with Gasteiger partial charge in [0.2, 0.25) is 11.8 Å². The summed E-state index contributed by atoms with van der Waals surface area (Å²) in [5.41, 5.74) is 1.29. The molecule has 5 amide bonds. The van der Waals surface area contributed by atoms with E-state index in [9.17, 15) is 38.3 Å². The molecule has 14 nitrogen and oxygen atoms in total. The number of alkyl halides is 2. The number of phosphoric acid groups is 1. The molecule has 0 aromatic heterocycles. The van der Waals surface area contributed by atoms with Crippen LogP contribution in [0.2, 0.25) is 0 Å². The van der Waals surface area contributed by atoms with E-state index in [4.69, 9.17) is 32.5 Å². The Bertz CT molecular complexity index is 2580. The van der Waals surface area contributed by atoms with Crippen molar-refractivity contribution >= 4 is 93.7 Å². The molecule has 3 aliphatic heterocycles. The Morgan fingerprint density at radius 1 is 0.721 bits per heavy atom. The van der Waals surface area contributed by atoms with Crippen LogP contribution < -0.4 is 24.4 Å². The van der Waals surface area contributed by atoms with Crippen molar-refractivity contribution in [2.45, 2.75) is 56.8 Å². The number of fused-ring (bicyclic) bond motifs is 6. The number of phosphoric ester groups is 1. The molecule has 4 aromatic rings. The van der Waals surface area contributed by atoms with Crippen molar-refractivity contribution in [1.29, 1.82) is 0 Å². The van der Waals surface area contributed by atoms with Crippen LogP contribution in [-0.4, -0.2) is 82.3 Å². The molecule has 3 aliphatic carbocycles. The van der Waals surface area contributed by atoms with Gasteiger partial charge >= 0.3 is 13.9 Å². The van der Waals surface area contributed by atoms with Crippen molar-refractivity contribution in [2.75, 3.05) is 47.7 Å². The first-order chi connectivity index (χ1) is 29.3. The average molecular weight is 890 g/mol. The van der Waals surface area contributed by atoms with Gasteiger partial charge in [-0.25, -0.2) is 9.36 Å². The third-order valence-electron chi connectivity index (χ3n) is 13.0. The number of unbranched alkanes of at least 4 members (excludes halogenated alkanes) is 3. The smallest absolute Gasteiger partial charge is 0.410 e. The highest BCUT2D eigenvalue weighted by Crippen LogP contribution is 2.75. The van der Waals surface area contributed by atoms with Crippen molar-refractivity contribution < 1.29 is 47.6 Å². The first kappa shape index (κ1) is 41.4. The monoisotopic (exact) mass is 888 g/mol. The van der Waals surface area contributed by atoms with E-state index in [0.29, 0.717) is 85.0 Å². The van der Waals surface area contributed by atoms with Gasteiger partial charge in [0.25, 0.3) is 11.8 Å². The van der Waals surface area contributed by atoms with E-state index in [1.807, 2.05) is 36.4 Å². The molecule has 2 bridgehead atoms. The molecule has 4 aromatic carbocycles. The Kier molecular flexibility index (Phi) is 10.7. The number of rotatable bonds is 14. The van der Waals surface area contributed by atoms with Gasteiger partial charge in [0.05, 0.1) is 22.2 Å². The summed E-state index contributed by atoms with van der Waals surface area (Å²) in [5, 5.41) is 5.54. The summed E-state index contributed by atoms with van der Waals surface area (Å²) in [7, 11) is -4.93. The summed E-state index contributed by atoms with van der Waals surface area (Å²) < 4.78 is 23.0. The lowest BCUT2D eigenvalue weighted by Gasteiger charge is -2.69. The highest BCUT2D eigenvalue weighted by molar-refractivity contribution is 7.46. The Morgan fingerprint density at radius 2 is 1.20 bits per heavy atom. The number of imide groups is 1. The summed E-state index contributed by atoms with van der Waals surface area (Å²) in [6, 6.07) is 17.9. The van der Waals surface area contributed by atoms with Gasteiger partial charge < -0.3 is 24.4 Å². The molecule has 10 rings (SSSR count). The largest absolute Gasteiger partial charge is 0.524 e. The van der Waals surface area contributed by atoms with Gasteiger partial charge in [-0.05, 0) is 54.0 Å². The van der Waals surface area contributed by atoms with Crippen molar-refractivity contribution in [2.24, 2.45) is 10.8 Å². The number of hydrogen-bond donors (Lipinski definition) is 3. The minimum atomic E-state index is -4.93. The molecule has 0 spiro atoms. The molecule has 61 heavy (non-hydrogen) atoms. The van der Waals surface area contributed by atoms with Crippen LogP contribution in [0.25, 0.3) is 21.5 Å². The summed E-state index contributed by atoms with van der Waals surface area (Å²) in [4.78, 5) is 89.7. The molecule has 318 valence electrons. The quantitative estimate of drug-likeness (QED) is 0.0505. The van der Waals surface area contributed by atoms with Gasteiger partial charge in [0.1, 0.15) is 11.5 Å². The summed E-state index contributed by atoms with van der Waals surface area (Å²) in [6.07, 6.45) is 5.84. The molecule has 0 radical (unpaired) electrons. The molecule has 3 saturated carbocycles. The lowest BCUT2D eigenvalue weighted by molar-refractivity contribution is -0.205. The second-order valence-electron chi connectivity index (χ2n) is 16.8. The molecule has 2 atom stereocenters. The minimum absolute atomic E-state index is 0.0346. The molecular formula is C44H43Cl2N4O10P. The third-order valence-corrected chi connectivity index (χ3v) is 14.1. The molecule has 17 heteroatoms. The maximum absolute atomic E-state index is 14.6. The lowest BCUT2D eigenvalue weighted by atomic mass is 9.34. The summed E-state index contributed by atoms with van der Waals surface area (Å²) in [6.45, 7) is 1.34. The number of carbonyl (C=O) groups excluding carboxylic acids is 5. The van der Waals surface area contributed by atoms with Gasteiger partial charge in [0.15, 0.2) is 0 Å². The van der Waals surface area contributed by atoms with Crippen LogP contribution in [0.15, 0.2) is 72.8 Å². The Hall–Kier alpha value is -4.98. The second-order valence-corrected chi connectivity index (χ2v) is 18.6. The Balaban J connectivity index is 0.888. The van der Waals surface area contributed by atoms with Gasteiger partial charge in [-0.3, -0.25) is 33.9 Å². The summed E-state index contributed by atoms with van der Waals surface area (Å²) in [5.74, 6) is -0.515. The van der Waals surface area contributed by atoms with Crippen molar-refractivity contribution in [3.8, 4) is 11.5 Å². The Morgan fingerprint density at radius 3 is 1.70 bits per heavy atom. The van der Waals surface area contributed by atoms with Crippen LogP contribution in [-0.2, 0) is 23.7 Å². The van der Waals surface area contributed by atoms with E-state index in [-0.39, 0.29) is 59.5 Å². The van der Waals surface area contributed by atoms with Gasteiger partial charge in [0, 0.05) is 84.8 Å². The second kappa shape index (κ2) is 15.7. The van der Waals surface area contributed by atoms with Crippen LogP contribution >= 0.6 is 31.0 Å². The van der Waals surface area contributed by atoms with E-state index >= 15 is 0 Å². The number of hydrogen-bond acceptors (Lipinski definition) is 8. The number of nitrogens with zero attached hydrogens (tertiary/aromatic N) is 3. The third kappa shape index (κ3) is 7.16. The molecule has 6 aliphatic rings. The molecule has 3 N–H and O–H groups in total. The van der Waals surface area contributed by atoms with Crippen LogP contribution in [0.3, 0.4) is 0 Å². The van der Waals surface area contributed by atoms with Crippen molar-refractivity contribution in [3.05, 3.63) is 83.9 Å². The van der Waals surface area contributed by atoms with Crippen LogP contribution in [0, 0.1) is 10.8 Å². The first-order valence-electron chi connectivity index (χ1n) is 20.4. The predicted octanol–water partition coefficient (Wildman–Crippen LogP) is 7.25. The molecular weight excluding hydrogens is 846 g/mol. The topological polar surface area (TPSA) is 183 Å². The van der Waals surface area contributed by atoms with E-state index < -0.39 is 24.7 Å². The highest BCUT2D eigenvalue weighted by Gasteiger charge is 2.76. The fourth-order valence-corrected chi connectivity index (χ4v) is 11.2. The summed E-state index contributed by atoms with van der Waals surface area (Å²) >= 11 is 13.0. The molecule has 3 fully saturated rings. The van der Waals surface area contributed by atoms with E-state index in [1.165, 1.54) is 23.1 Å².